The molecule has 2 fully saturated rings. The van der Waals surface area contributed by atoms with Crippen LogP contribution in [0.25, 0.3) is 0 Å². The molecule has 2 atom stereocenters. The number of anilines is 2. The largest absolute Gasteiger partial charge is 0.340 e. The van der Waals surface area contributed by atoms with Gasteiger partial charge in [-0.1, -0.05) is 0 Å². The molecule has 1 N–H and O–H groups in total. The first-order valence-electron chi connectivity index (χ1n) is 10.2. The van der Waals surface area contributed by atoms with Gasteiger partial charge in [0.2, 0.25) is 0 Å². The molecule has 29 heavy (non-hydrogen) atoms. The zero-order valence-corrected chi connectivity index (χ0v) is 17.2. The van der Waals surface area contributed by atoms with Crippen LogP contribution in [-0.2, 0) is 10.8 Å². The Morgan fingerprint density at radius 1 is 1.21 bits per heavy atom. The van der Waals surface area contributed by atoms with Crippen LogP contribution in [0.3, 0.4) is 0 Å². The van der Waals surface area contributed by atoms with Crippen LogP contribution in [0.1, 0.15) is 58.1 Å². The molecule has 2 heterocycles. The van der Waals surface area contributed by atoms with Crippen LogP contribution >= 0.6 is 0 Å². The van der Waals surface area contributed by atoms with Gasteiger partial charge in [0.25, 0.3) is 5.91 Å². The summed E-state index contributed by atoms with van der Waals surface area (Å²) in [5, 5.41) is 3.37. The first-order valence-corrected chi connectivity index (χ1v) is 11.7. The highest BCUT2D eigenvalue weighted by atomic mass is 32.2. The first-order chi connectivity index (χ1) is 14.0. The van der Waals surface area contributed by atoms with Crippen molar-refractivity contribution < 1.29 is 13.4 Å². The molecule has 1 amide bonds. The number of hydrogen-bond acceptors (Lipinski definition) is 4. The summed E-state index contributed by atoms with van der Waals surface area (Å²) in [7, 11) is -0.811. The topological polar surface area (TPSA) is 62.3 Å². The number of amides is 1. The van der Waals surface area contributed by atoms with E-state index in [1.807, 2.05) is 4.90 Å². The summed E-state index contributed by atoms with van der Waals surface area (Å²) in [5.41, 5.74) is 4.41. The van der Waals surface area contributed by atoms with Crippen molar-refractivity contribution >= 4 is 28.2 Å². The summed E-state index contributed by atoms with van der Waals surface area (Å²) in [5.74, 6) is 2.51. The molecule has 152 valence electrons. The maximum Gasteiger partial charge on any atom is 0.255 e. The lowest BCUT2D eigenvalue weighted by molar-refractivity contribution is 0.0769. The predicted octanol–water partition coefficient (Wildman–Crippen LogP) is 3.84. The molecule has 1 saturated heterocycles. The van der Waals surface area contributed by atoms with E-state index in [0.29, 0.717) is 47.6 Å². The molecule has 1 aliphatic heterocycles. The summed E-state index contributed by atoms with van der Waals surface area (Å²) in [6.45, 7) is 2.83. The maximum absolute atomic E-state index is 13.6. The number of aromatic nitrogens is 1. The number of benzene rings is 1. The Bertz CT molecular complexity index is 1020. The van der Waals surface area contributed by atoms with Crippen LogP contribution in [0.2, 0.25) is 0 Å². The molecule has 5 rings (SSSR count). The zero-order valence-electron chi connectivity index (χ0n) is 16.4. The van der Waals surface area contributed by atoms with E-state index in [1.54, 1.807) is 25.3 Å². The fourth-order valence-corrected chi connectivity index (χ4v) is 6.09. The van der Waals surface area contributed by atoms with Crippen molar-refractivity contribution in [3.63, 3.8) is 0 Å². The SMILES string of the molecule is Cc1cc(Nc2ncc(C(=O)N3CCS(=O)CC3)c3c2C2CCC3C2)ccc1F. The lowest BCUT2D eigenvalue weighted by Gasteiger charge is -2.29. The standard InChI is InChI=1S/C22H24FN3O2S/c1-13-10-16(4-5-18(13)23)25-21-20-15-3-2-14(11-15)19(20)17(12-24-21)22(27)26-6-8-29(28)9-7-26/h4-5,10,12,14-15H,2-3,6-9,11H2,1H3,(H,24,25). The third-order valence-electron chi connectivity index (χ3n) is 6.52. The Morgan fingerprint density at radius 3 is 2.66 bits per heavy atom. The maximum atomic E-state index is 13.6. The zero-order chi connectivity index (χ0) is 20.1. The molecule has 0 radical (unpaired) electrons. The number of fused-ring (bicyclic) bond motifs is 5. The third-order valence-corrected chi connectivity index (χ3v) is 7.80. The van der Waals surface area contributed by atoms with E-state index in [9.17, 15) is 13.4 Å². The Labute approximate surface area is 172 Å². The van der Waals surface area contributed by atoms with Crippen molar-refractivity contribution in [1.29, 1.82) is 0 Å². The fraction of sp³-hybridized carbons (Fsp3) is 0.455. The Balaban J connectivity index is 1.50. The second-order valence-electron chi connectivity index (χ2n) is 8.28. The van der Waals surface area contributed by atoms with E-state index in [-0.39, 0.29) is 11.7 Å². The number of carbonyl (C=O) groups is 1. The number of aryl methyl sites for hydroxylation is 1. The molecule has 0 spiro atoms. The predicted molar refractivity (Wildman–Crippen MR) is 112 cm³/mol. The van der Waals surface area contributed by atoms with Gasteiger partial charge < -0.3 is 10.2 Å². The Kier molecular flexibility index (Phi) is 4.65. The molecule has 7 heteroatoms. The minimum atomic E-state index is -0.811. The highest BCUT2D eigenvalue weighted by Gasteiger charge is 2.42. The average Bonchev–Trinajstić information content (AvgIpc) is 3.34. The monoisotopic (exact) mass is 413 g/mol. The van der Waals surface area contributed by atoms with Crippen LogP contribution in [0, 0.1) is 12.7 Å². The van der Waals surface area contributed by atoms with Gasteiger partial charge in [-0.3, -0.25) is 9.00 Å². The van der Waals surface area contributed by atoms with Crippen molar-refractivity contribution in [3.05, 3.63) is 52.5 Å². The van der Waals surface area contributed by atoms with Gasteiger partial charge in [-0.25, -0.2) is 9.37 Å². The quantitative estimate of drug-likeness (QED) is 0.831. The van der Waals surface area contributed by atoms with Crippen LogP contribution in [0.15, 0.2) is 24.4 Å². The number of halogens is 1. The first kappa shape index (κ1) is 18.7. The molecular weight excluding hydrogens is 389 g/mol. The molecule has 5 nitrogen and oxygen atoms in total. The van der Waals surface area contributed by atoms with Crippen molar-refractivity contribution in [2.24, 2.45) is 0 Å². The van der Waals surface area contributed by atoms with E-state index in [2.05, 4.69) is 10.3 Å². The molecule has 1 aromatic heterocycles. The molecule has 2 aliphatic carbocycles. The van der Waals surface area contributed by atoms with Crippen LogP contribution in [0.5, 0.6) is 0 Å². The van der Waals surface area contributed by atoms with Crippen molar-refractivity contribution in [2.45, 2.75) is 38.0 Å². The molecule has 2 aromatic rings. The van der Waals surface area contributed by atoms with Gasteiger partial charge in [0.1, 0.15) is 11.6 Å². The minimum Gasteiger partial charge on any atom is -0.340 e. The van der Waals surface area contributed by atoms with Crippen molar-refractivity contribution in [2.75, 3.05) is 29.9 Å². The third kappa shape index (κ3) is 3.25. The highest BCUT2D eigenvalue weighted by Crippen LogP contribution is 2.56. The van der Waals surface area contributed by atoms with Crippen LogP contribution in [0.4, 0.5) is 15.9 Å². The summed E-state index contributed by atoms with van der Waals surface area (Å²) in [6.07, 6.45) is 5.01. The molecule has 1 aromatic carbocycles. The van der Waals surface area contributed by atoms with Gasteiger partial charge >= 0.3 is 0 Å². The normalized spacial score (nSPS) is 23.3. The Morgan fingerprint density at radius 2 is 1.93 bits per heavy atom. The summed E-state index contributed by atoms with van der Waals surface area (Å²) < 4.78 is 25.3. The number of carbonyl (C=O) groups excluding carboxylic acids is 1. The second kappa shape index (κ2) is 7.20. The molecule has 1 saturated carbocycles. The van der Waals surface area contributed by atoms with E-state index < -0.39 is 10.8 Å². The lowest BCUT2D eigenvalue weighted by atomic mass is 9.88. The average molecular weight is 414 g/mol. The lowest BCUT2D eigenvalue weighted by Crippen LogP contribution is -2.42. The van der Waals surface area contributed by atoms with E-state index in [4.69, 9.17) is 0 Å². The second-order valence-corrected chi connectivity index (χ2v) is 9.98. The van der Waals surface area contributed by atoms with Gasteiger partial charge in [0.05, 0.1) is 5.56 Å². The van der Waals surface area contributed by atoms with Gasteiger partial charge in [0.15, 0.2) is 0 Å². The summed E-state index contributed by atoms with van der Waals surface area (Å²) >= 11 is 0. The molecule has 2 bridgehead atoms. The molecule has 2 unspecified atom stereocenters. The van der Waals surface area contributed by atoms with Gasteiger partial charge in [-0.05, 0) is 67.3 Å². The minimum absolute atomic E-state index is 0.0159. The van der Waals surface area contributed by atoms with Gasteiger partial charge in [0, 0.05) is 52.8 Å². The van der Waals surface area contributed by atoms with Crippen molar-refractivity contribution in [3.8, 4) is 0 Å². The summed E-state index contributed by atoms with van der Waals surface area (Å²) in [4.78, 5) is 19.7. The van der Waals surface area contributed by atoms with E-state index in [1.165, 1.54) is 6.07 Å². The number of rotatable bonds is 3. The van der Waals surface area contributed by atoms with Gasteiger partial charge in [-0.2, -0.15) is 0 Å². The van der Waals surface area contributed by atoms with E-state index >= 15 is 0 Å². The Hall–Kier alpha value is -2.28. The molecular formula is C22H24FN3O2S. The summed E-state index contributed by atoms with van der Waals surface area (Å²) in [6, 6.07) is 4.96. The smallest absolute Gasteiger partial charge is 0.255 e. The highest BCUT2D eigenvalue weighted by molar-refractivity contribution is 7.85. The number of pyridine rings is 1. The van der Waals surface area contributed by atoms with Gasteiger partial charge in [-0.15, -0.1) is 0 Å². The van der Waals surface area contributed by atoms with Crippen molar-refractivity contribution in [1.82, 2.24) is 9.88 Å². The molecule has 3 aliphatic rings. The van der Waals surface area contributed by atoms with Crippen LogP contribution in [-0.4, -0.2) is 44.6 Å². The number of nitrogens with one attached hydrogen (secondary N) is 1. The van der Waals surface area contributed by atoms with Crippen LogP contribution < -0.4 is 5.32 Å². The number of nitrogens with zero attached hydrogens (tertiary/aromatic N) is 2. The fourth-order valence-electron chi connectivity index (χ4n) is 5.04. The van der Waals surface area contributed by atoms with E-state index in [0.717, 1.165) is 41.9 Å². The number of hydrogen-bond donors (Lipinski definition) is 1.